The summed E-state index contributed by atoms with van der Waals surface area (Å²) in [4.78, 5) is 0. The van der Waals surface area contributed by atoms with Crippen LogP contribution in [0.3, 0.4) is 0 Å². The van der Waals surface area contributed by atoms with Crippen LogP contribution in [0, 0.1) is 5.82 Å². The van der Waals surface area contributed by atoms with Crippen LogP contribution in [0.25, 0.3) is 11.1 Å². The summed E-state index contributed by atoms with van der Waals surface area (Å²) in [7, 11) is 1.54. The largest absolute Gasteiger partial charge is 0.495 e. The molecule has 0 amide bonds. The van der Waals surface area contributed by atoms with E-state index in [1.165, 1.54) is 13.2 Å². The van der Waals surface area contributed by atoms with Crippen molar-refractivity contribution in [3.8, 4) is 16.9 Å². The number of para-hydroxylation sites is 1. The number of halogens is 2. The summed E-state index contributed by atoms with van der Waals surface area (Å²) in [5.41, 5.74) is 7.18. The van der Waals surface area contributed by atoms with Gasteiger partial charge in [-0.05, 0) is 23.8 Å². The molecule has 2 nitrogen and oxygen atoms in total. The predicted octanol–water partition coefficient (Wildman–Crippen LogP) is 3.74. The third-order valence-corrected chi connectivity index (χ3v) is 2.81. The fourth-order valence-corrected chi connectivity index (χ4v) is 1.88. The van der Waals surface area contributed by atoms with Crippen molar-refractivity contribution >= 4 is 17.3 Å². The van der Waals surface area contributed by atoms with Crippen LogP contribution in [0.5, 0.6) is 5.75 Å². The standard InChI is InChI=1S/C13H11ClFNO/c1-17-12-6-5-8(7-10(12)14)9-3-2-4-11(15)13(9)16/h2-7H,16H2,1H3. The predicted molar refractivity (Wildman–Crippen MR) is 67.8 cm³/mol. The first-order chi connectivity index (χ1) is 8.13. The molecule has 0 aromatic heterocycles. The lowest BCUT2D eigenvalue weighted by Gasteiger charge is -2.09. The molecule has 2 aromatic carbocycles. The summed E-state index contributed by atoms with van der Waals surface area (Å²) < 4.78 is 18.4. The fraction of sp³-hybridized carbons (Fsp3) is 0.0769. The highest BCUT2D eigenvalue weighted by molar-refractivity contribution is 6.32. The molecule has 0 bridgehead atoms. The van der Waals surface area contributed by atoms with Crippen molar-refractivity contribution in [2.45, 2.75) is 0 Å². The molecule has 2 N–H and O–H groups in total. The van der Waals surface area contributed by atoms with Crippen molar-refractivity contribution in [1.82, 2.24) is 0 Å². The molecule has 0 atom stereocenters. The van der Waals surface area contributed by atoms with Crippen molar-refractivity contribution in [3.63, 3.8) is 0 Å². The van der Waals surface area contributed by atoms with E-state index in [0.29, 0.717) is 16.3 Å². The van der Waals surface area contributed by atoms with Crippen LogP contribution in [0.4, 0.5) is 10.1 Å². The number of nitrogens with two attached hydrogens (primary N) is 1. The zero-order valence-electron chi connectivity index (χ0n) is 9.21. The second-order valence-electron chi connectivity index (χ2n) is 3.55. The van der Waals surface area contributed by atoms with Gasteiger partial charge in [0.05, 0.1) is 17.8 Å². The third kappa shape index (κ3) is 2.19. The van der Waals surface area contributed by atoms with Gasteiger partial charge in [-0.25, -0.2) is 4.39 Å². The molecule has 0 aliphatic rings. The van der Waals surface area contributed by atoms with E-state index in [2.05, 4.69) is 0 Å². The average molecular weight is 252 g/mol. The number of nitrogen functional groups attached to an aromatic ring is 1. The molecule has 0 saturated carbocycles. The first-order valence-electron chi connectivity index (χ1n) is 5.01. The van der Waals surface area contributed by atoms with E-state index in [0.717, 1.165) is 5.56 Å². The number of hydrogen-bond donors (Lipinski definition) is 1. The maximum Gasteiger partial charge on any atom is 0.146 e. The van der Waals surface area contributed by atoms with Gasteiger partial charge in [0.25, 0.3) is 0 Å². The number of ether oxygens (including phenoxy) is 1. The number of methoxy groups -OCH3 is 1. The van der Waals surface area contributed by atoms with Crippen LogP contribution >= 0.6 is 11.6 Å². The number of hydrogen-bond acceptors (Lipinski definition) is 2. The van der Waals surface area contributed by atoms with E-state index in [9.17, 15) is 4.39 Å². The number of rotatable bonds is 2. The minimum atomic E-state index is -0.436. The van der Waals surface area contributed by atoms with E-state index < -0.39 is 5.82 Å². The van der Waals surface area contributed by atoms with Crippen molar-refractivity contribution in [3.05, 3.63) is 47.2 Å². The van der Waals surface area contributed by atoms with Gasteiger partial charge < -0.3 is 10.5 Å². The van der Waals surface area contributed by atoms with Crippen LogP contribution in [-0.2, 0) is 0 Å². The molecule has 0 saturated heterocycles. The highest BCUT2D eigenvalue weighted by Gasteiger charge is 2.09. The number of anilines is 1. The third-order valence-electron chi connectivity index (χ3n) is 2.52. The lowest BCUT2D eigenvalue weighted by molar-refractivity contribution is 0.415. The lowest BCUT2D eigenvalue weighted by Crippen LogP contribution is -1.94. The normalized spacial score (nSPS) is 10.3. The minimum Gasteiger partial charge on any atom is -0.495 e. The zero-order valence-corrected chi connectivity index (χ0v) is 9.96. The average Bonchev–Trinajstić information content (AvgIpc) is 2.32. The Kier molecular flexibility index (Phi) is 3.20. The molecular weight excluding hydrogens is 241 g/mol. The van der Waals surface area contributed by atoms with Gasteiger partial charge in [-0.3, -0.25) is 0 Å². The Labute approximate surface area is 104 Å². The zero-order chi connectivity index (χ0) is 12.4. The van der Waals surface area contributed by atoms with Gasteiger partial charge in [0.2, 0.25) is 0 Å². The molecule has 17 heavy (non-hydrogen) atoms. The highest BCUT2D eigenvalue weighted by Crippen LogP contribution is 2.33. The van der Waals surface area contributed by atoms with Crippen molar-refractivity contribution in [1.29, 1.82) is 0 Å². The quantitative estimate of drug-likeness (QED) is 0.826. The van der Waals surface area contributed by atoms with Gasteiger partial charge in [-0.2, -0.15) is 0 Å². The lowest BCUT2D eigenvalue weighted by atomic mass is 10.0. The Balaban J connectivity index is 2.54. The Bertz CT molecular complexity index is 557. The molecule has 4 heteroatoms. The second kappa shape index (κ2) is 4.63. The molecule has 0 aliphatic carbocycles. The van der Waals surface area contributed by atoms with Crippen LogP contribution in [-0.4, -0.2) is 7.11 Å². The molecule has 0 spiro atoms. The maximum atomic E-state index is 13.3. The van der Waals surface area contributed by atoms with Crippen molar-refractivity contribution < 1.29 is 9.13 Å². The fourth-order valence-electron chi connectivity index (χ4n) is 1.62. The molecule has 2 rings (SSSR count). The second-order valence-corrected chi connectivity index (χ2v) is 3.96. The Hall–Kier alpha value is -1.74. The van der Waals surface area contributed by atoms with Gasteiger partial charge >= 0.3 is 0 Å². The van der Waals surface area contributed by atoms with E-state index in [-0.39, 0.29) is 5.69 Å². The Morgan fingerprint density at radius 3 is 2.65 bits per heavy atom. The number of benzene rings is 2. The van der Waals surface area contributed by atoms with Crippen molar-refractivity contribution in [2.24, 2.45) is 0 Å². The summed E-state index contributed by atoms with van der Waals surface area (Å²) in [6.45, 7) is 0. The van der Waals surface area contributed by atoms with Gasteiger partial charge in [0.1, 0.15) is 11.6 Å². The first-order valence-corrected chi connectivity index (χ1v) is 5.39. The Morgan fingerprint density at radius 2 is 2.00 bits per heavy atom. The monoisotopic (exact) mass is 251 g/mol. The summed E-state index contributed by atoms with van der Waals surface area (Å²) >= 11 is 6.01. The molecule has 0 heterocycles. The first kappa shape index (κ1) is 11.7. The van der Waals surface area contributed by atoms with Gasteiger partial charge in [0.15, 0.2) is 0 Å². The molecular formula is C13H11ClFNO. The molecule has 2 aromatic rings. The van der Waals surface area contributed by atoms with E-state index >= 15 is 0 Å². The van der Waals surface area contributed by atoms with Crippen LogP contribution in [0.1, 0.15) is 0 Å². The molecule has 0 unspecified atom stereocenters. The van der Waals surface area contributed by atoms with Gasteiger partial charge in [0, 0.05) is 5.56 Å². The molecule has 0 aliphatic heterocycles. The molecule has 0 fully saturated rings. The van der Waals surface area contributed by atoms with E-state index in [1.54, 1.807) is 30.3 Å². The van der Waals surface area contributed by atoms with Crippen LogP contribution < -0.4 is 10.5 Å². The van der Waals surface area contributed by atoms with Crippen LogP contribution in [0.15, 0.2) is 36.4 Å². The summed E-state index contributed by atoms with van der Waals surface area (Å²) in [5, 5.41) is 0.466. The smallest absolute Gasteiger partial charge is 0.146 e. The van der Waals surface area contributed by atoms with Gasteiger partial charge in [-0.15, -0.1) is 0 Å². The van der Waals surface area contributed by atoms with E-state index in [1.807, 2.05) is 0 Å². The topological polar surface area (TPSA) is 35.2 Å². The SMILES string of the molecule is COc1ccc(-c2cccc(F)c2N)cc1Cl. The van der Waals surface area contributed by atoms with E-state index in [4.69, 9.17) is 22.1 Å². The van der Waals surface area contributed by atoms with Crippen LogP contribution in [0.2, 0.25) is 5.02 Å². The summed E-state index contributed by atoms with van der Waals surface area (Å²) in [6.07, 6.45) is 0. The van der Waals surface area contributed by atoms with Gasteiger partial charge in [-0.1, -0.05) is 29.8 Å². The minimum absolute atomic E-state index is 0.119. The maximum absolute atomic E-state index is 13.3. The molecule has 88 valence electrons. The van der Waals surface area contributed by atoms with Crippen molar-refractivity contribution in [2.75, 3.05) is 12.8 Å². The summed E-state index contributed by atoms with van der Waals surface area (Å²) in [6, 6.07) is 9.89. The summed E-state index contributed by atoms with van der Waals surface area (Å²) in [5.74, 6) is 0.139. The Morgan fingerprint density at radius 1 is 1.24 bits per heavy atom. The molecule has 0 radical (unpaired) electrons. The highest BCUT2D eigenvalue weighted by atomic mass is 35.5.